The quantitative estimate of drug-likeness (QED) is 0.715. The van der Waals surface area contributed by atoms with E-state index < -0.39 is 0 Å². The number of aromatic nitrogens is 1. The second-order valence-corrected chi connectivity index (χ2v) is 8.70. The largest absolute Gasteiger partial charge is 0.373 e. The normalized spacial score (nSPS) is 32.0. The molecule has 0 amide bonds. The number of hydrogen-bond acceptors (Lipinski definition) is 4. The molecule has 1 heterocycles. The molecule has 0 radical (unpaired) electrons. The second-order valence-electron chi connectivity index (χ2n) is 7.89. The van der Waals surface area contributed by atoms with E-state index in [1.807, 2.05) is 6.92 Å². The van der Waals surface area contributed by atoms with Crippen LogP contribution >= 0.6 is 23.2 Å². The number of carbonyl (C=O) groups excluding carboxylic acids is 1. The first kappa shape index (κ1) is 16.8. The third-order valence-electron chi connectivity index (χ3n) is 6.45. The molecule has 0 saturated heterocycles. The molecule has 26 heavy (non-hydrogen) atoms. The van der Waals surface area contributed by atoms with E-state index in [1.165, 1.54) is 0 Å². The van der Waals surface area contributed by atoms with Crippen molar-refractivity contribution in [2.24, 2.45) is 17.3 Å². The van der Waals surface area contributed by atoms with E-state index in [2.05, 4.69) is 5.16 Å². The van der Waals surface area contributed by atoms with Crippen LogP contribution in [0.1, 0.15) is 37.0 Å². The smallest absolute Gasteiger partial charge is 0.142 e. The van der Waals surface area contributed by atoms with E-state index in [0.717, 1.165) is 31.2 Å². The van der Waals surface area contributed by atoms with Crippen molar-refractivity contribution in [3.63, 3.8) is 0 Å². The number of rotatable bonds is 4. The molecule has 3 saturated carbocycles. The number of aryl methyl sites for hydroxylation is 1. The Morgan fingerprint density at radius 1 is 1.27 bits per heavy atom. The predicted molar refractivity (Wildman–Crippen MR) is 98.2 cm³/mol. The molecule has 0 N–H and O–H groups in total. The Hall–Kier alpha value is -1.36. The van der Waals surface area contributed by atoms with E-state index in [0.29, 0.717) is 45.4 Å². The van der Waals surface area contributed by atoms with Gasteiger partial charge in [0.25, 0.3) is 0 Å². The molecule has 3 aliphatic rings. The maximum atomic E-state index is 12.4. The van der Waals surface area contributed by atoms with Gasteiger partial charge in [0.2, 0.25) is 0 Å². The zero-order valence-electron chi connectivity index (χ0n) is 14.4. The van der Waals surface area contributed by atoms with E-state index in [4.69, 9.17) is 32.5 Å². The summed E-state index contributed by atoms with van der Waals surface area (Å²) in [7, 11) is 0. The zero-order chi connectivity index (χ0) is 18.1. The molecule has 1 aromatic heterocycles. The number of benzene rings is 1. The summed E-state index contributed by atoms with van der Waals surface area (Å²) in [6, 6.07) is 5.37. The average Bonchev–Trinajstić information content (AvgIpc) is 3.10. The van der Waals surface area contributed by atoms with Gasteiger partial charge in [-0.15, -0.1) is 0 Å². The summed E-state index contributed by atoms with van der Waals surface area (Å²) in [5, 5.41) is 5.24. The van der Waals surface area contributed by atoms with Gasteiger partial charge in [-0.05, 0) is 50.7 Å². The van der Waals surface area contributed by atoms with Crippen LogP contribution in [-0.4, -0.2) is 17.0 Å². The molecule has 4 atom stereocenters. The number of Topliss-reactive ketones (excluding diaryl/α,β-unsaturated/α-hetero) is 1. The first-order chi connectivity index (χ1) is 12.5. The molecule has 0 aliphatic heterocycles. The van der Waals surface area contributed by atoms with Crippen LogP contribution in [0.4, 0.5) is 0 Å². The molecule has 1 aromatic carbocycles. The predicted octanol–water partition coefficient (Wildman–Crippen LogP) is 5.23. The Bertz CT molecular complexity index is 888. The SMILES string of the molecule is Cc1onc(-c2c(Cl)cccc2Cl)c1CO[C@H]1C[C@H]2CC3CC3(C1)C2=O. The van der Waals surface area contributed by atoms with Gasteiger partial charge in [-0.25, -0.2) is 0 Å². The van der Waals surface area contributed by atoms with Gasteiger partial charge in [-0.2, -0.15) is 0 Å². The van der Waals surface area contributed by atoms with Gasteiger partial charge in [-0.3, -0.25) is 4.79 Å². The molecule has 2 bridgehead atoms. The summed E-state index contributed by atoms with van der Waals surface area (Å²) in [6.45, 7) is 2.25. The molecule has 2 aromatic rings. The first-order valence-corrected chi connectivity index (χ1v) is 9.80. The van der Waals surface area contributed by atoms with Crippen LogP contribution in [0.15, 0.2) is 22.7 Å². The van der Waals surface area contributed by atoms with Crippen LogP contribution in [-0.2, 0) is 16.1 Å². The van der Waals surface area contributed by atoms with Gasteiger partial charge in [0.05, 0.1) is 22.8 Å². The van der Waals surface area contributed by atoms with Crippen LogP contribution in [0, 0.1) is 24.2 Å². The van der Waals surface area contributed by atoms with Crippen LogP contribution in [0.5, 0.6) is 0 Å². The number of halogens is 2. The Labute approximate surface area is 161 Å². The zero-order valence-corrected chi connectivity index (χ0v) is 15.9. The molecular weight excluding hydrogens is 373 g/mol. The van der Waals surface area contributed by atoms with Crippen LogP contribution < -0.4 is 0 Å². The number of fused-ring (bicyclic) bond motifs is 1. The van der Waals surface area contributed by atoms with Crippen molar-refractivity contribution in [2.45, 2.75) is 45.3 Å². The summed E-state index contributed by atoms with van der Waals surface area (Å²) in [5.41, 5.74) is 2.13. The fourth-order valence-electron chi connectivity index (χ4n) is 5.02. The highest BCUT2D eigenvalue weighted by Gasteiger charge is 2.69. The van der Waals surface area contributed by atoms with Crippen LogP contribution in [0.3, 0.4) is 0 Å². The molecule has 2 unspecified atom stereocenters. The minimum atomic E-state index is -0.0495. The summed E-state index contributed by atoms with van der Waals surface area (Å²) < 4.78 is 11.6. The molecule has 5 rings (SSSR count). The lowest BCUT2D eigenvalue weighted by Gasteiger charge is -2.30. The Kier molecular flexibility index (Phi) is 3.76. The molecule has 6 heteroatoms. The molecular formula is C20H19Cl2NO3. The highest BCUT2D eigenvalue weighted by atomic mass is 35.5. The fraction of sp³-hybridized carbons (Fsp3) is 0.500. The highest BCUT2D eigenvalue weighted by Crippen LogP contribution is 2.69. The second kappa shape index (κ2) is 5.82. The van der Waals surface area contributed by atoms with Crippen LogP contribution in [0.25, 0.3) is 11.3 Å². The Morgan fingerprint density at radius 3 is 2.77 bits per heavy atom. The first-order valence-electron chi connectivity index (χ1n) is 9.05. The van der Waals surface area contributed by atoms with Gasteiger partial charge in [0.15, 0.2) is 0 Å². The van der Waals surface area contributed by atoms with Crippen molar-refractivity contribution in [3.05, 3.63) is 39.6 Å². The van der Waals surface area contributed by atoms with Crippen molar-refractivity contribution in [2.75, 3.05) is 0 Å². The highest BCUT2D eigenvalue weighted by molar-refractivity contribution is 6.39. The molecule has 3 aliphatic carbocycles. The molecule has 136 valence electrons. The van der Waals surface area contributed by atoms with E-state index in [1.54, 1.807) is 18.2 Å². The van der Waals surface area contributed by atoms with E-state index in [-0.39, 0.29) is 17.4 Å². The lowest BCUT2D eigenvalue weighted by Crippen LogP contribution is -2.34. The van der Waals surface area contributed by atoms with E-state index in [9.17, 15) is 4.79 Å². The summed E-state index contributed by atoms with van der Waals surface area (Å²) >= 11 is 12.7. The van der Waals surface area contributed by atoms with Crippen molar-refractivity contribution in [1.29, 1.82) is 0 Å². The number of ether oxygens (including phenoxy) is 1. The number of ketones is 1. The van der Waals surface area contributed by atoms with Crippen molar-refractivity contribution < 1.29 is 14.1 Å². The summed E-state index contributed by atoms with van der Waals surface area (Å²) in [6.07, 6.45) is 3.94. The summed E-state index contributed by atoms with van der Waals surface area (Å²) in [4.78, 5) is 12.4. The van der Waals surface area contributed by atoms with Crippen molar-refractivity contribution in [1.82, 2.24) is 5.16 Å². The standard InChI is InChI=1S/C20H19Cl2NO3/c1-10-14(18(23-26-10)17-15(21)3-2-4-16(17)22)9-25-13-6-11-5-12-7-20(12,8-13)19(11)24/h2-4,11-13H,5-9H2,1H3/t11-,12?,13+,20?/m1/s1. The fourth-order valence-corrected chi connectivity index (χ4v) is 5.60. The van der Waals surface area contributed by atoms with Gasteiger partial charge in [0, 0.05) is 22.5 Å². The van der Waals surface area contributed by atoms with Gasteiger partial charge < -0.3 is 9.26 Å². The summed E-state index contributed by atoms with van der Waals surface area (Å²) in [5.74, 6) is 2.01. The topological polar surface area (TPSA) is 52.3 Å². The average molecular weight is 392 g/mol. The maximum absolute atomic E-state index is 12.4. The lowest BCUT2D eigenvalue weighted by atomic mass is 9.80. The minimum absolute atomic E-state index is 0.0495. The molecule has 3 fully saturated rings. The van der Waals surface area contributed by atoms with Crippen LogP contribution in [0.2, 0.25) is 10.0 Å². The minimum Gasteiger partial charge on any atom is -0.373 e. The monoisotopic (exact) mass is 391 g/mol. The van der Waals surface area contributed by atoms with Gasteiger partial charge in [-0.1, -0.05) is 34.4 Å². The number of nitrogens with zero attached hydrogens (tertiary/aromatic N) is 1. The number of carbonyl (C=O) groups is 1. The van der Waals surface area contributed by atoms with Crippen molar-refractivity contribution in [3.8, 4) is 11.3 Å². The third-order valence-corrected chi connectivity index (χ3v) is 7.08. The van der Waals surface area contributed by atoms with Crippen molar-refractivity contribution >= 4 is 29.0 Å². The molecule has 4 nitrogen and oxygen atoms in total. The van der Waals surface area contributed by atoms with Gasteiger partial charge >= 0.3 is 0 Å². The Morgan fingerprint density at radius 2 is 2.04 bits per heavy atom. The lowest BCUT2D eigenvalue weighted by molar-refractivity contribution is -0.133. The number of hydrogen-bond donors (Lipinski definition) is 0. The Balaban J connectivity index is 1.37. The third kappa shape index (κ3) is 2.39. The molecule has 1 spiro atoms. The maximum Gasteiger partial charge on any atom is 0.142 e. The van der Waals surface area contributed by atoms with Gasteiger partial charge in [0.1, 0.15) is 17.2 Å². The van der Waals surface area contributed by atoms with E-state index >= 15 is 0 Å².